The van der Waals surface area contributed by atoms with E-state index in [1.165, 1.54) is 32.4 Å². The molecule has 0 aromatic carbocycles. The Kier molecular flexibility index (Phi) is 6.73. The van der Waals surface area contributed by atoms with Gasteiger partial charge in [-0.25, -0.2) is 8.91 Å². The van der Waals surface area contributed by atoms with Crippen LogP contribution in [0.2, 0.25) is 0 Å². The fourth-order valence-electron chi connectivity index (χ4n) is 4.78. The summed E-state index contributed by atoms with van der Waals surface area (Å²) in [5.41, 5.74) is 5.60. The molecule has 1 aliphatic rings. The number of hydrogen-bond donors (Lipinski definition) is 3. The van der Waals surface area contributed by atoms with Gasteiger partial charge in [-0.05, 0) is 63.8 Å². The van der Waals surface area contributed by atoms with Crippen LogP contribution in [-0.2, 0) is 6.42 Å². The average Bonchev–Trinajstić information content (AvgIpc) is 3.17. The summed E-state index contributed by atoms with van der Waals surface area (Å²) >= 11 is 0. The first-order valence-electron chi connectivity index (χ1n) is 11.9. The van der Waals surface area contributed by atoms with Crippen molar-refractivity contribution in [2.45, 2.75) is 63.4 Å². The van der Waals surface area contributed by atoms with Crippen LogP contribution in [-0.4, -0.2) is 60.7 Å². The molecule has 9 nitrogen and oxygen atoms in total. The molecule has 10 heteroatoms. The number of fused-ring (bicyclic) bond motifs is 1. The van der Waals surface area contributed by atoms with E-state index in [-0.39, 0.29) is 24.1 Å². The Balaban J connectivity index is 1.53. The zero-order chi connectivity index (χ0) is 26.3. The van der Waals surface area contributed by atoms with Gasteiger partial charge in [0.2, 0.25) is 0 Å². The average molecular weight is 495 g/mol. The van der Waals surface area contributed by atoms with Gasteiger partial charge in [0.25, 0.3) is 5.91 Å². The molecule has 3 heterocycles. The second-order valence-electron chi connectivity index (χ2n) is 10.4. The molecule has 0 bridgehead atoms. The molecule has 0 radical (unpaired) electrons. The molecule has 0 aliphatic heterocycles. The number of hydrogen-bond acceptors (Lipinski definition) is 7. The van der Waals surface area contributed by atoms with Crippen LogP contribution in [0.15, 0.2) is 42.9 Å². The highest BCUT2D eigenvalue weighted by atomic mass is 19.1. The topological polar surface area (TPSA) is 141 Å². The maximum Gasteiger partial charge on any atom is 0.252 e. The summed E-state index contributed by atoms with van der Waals surface area (Å²) in [5.74, 6) is -0.759. The van der Waals surface area contributed by atoms with Gasteiger partial charge in [-0.1, -0.05) is 0 Å². The predicted molar refractivity (Wildman–Crippen MR) is 132 cm³/mol. The van der Waals surface area contributed by atoms with Crippen LogP contribution in [0, 0.1) is 17.2 Å². The lowest BCUT2D eigenvalue weighted by atomic mass is 9.68. The molecule has 1 fully saturated rings. The van der Waals surface area contributed by atoms with Crippen molar-refractivity contribution in [1.82, 2.24) is 14.6 Å². The van der Waals surface area contributed by atoms with E-state index >= 15 is 0 Å². The number of carbonyl (C=O) groups excluding carboxylic acids is 1. The van der Waals surface area contributed by atoms with E-state index in [9.17, 15) is 19.4 Å². The zero-order valence-corrected chi connectivity index (χ0v) is 20.6. The second kappa shape index (κ2) is 9.48. The Morgan fingerprint density at radius 2 is 2.03 bits per heavy atom. The number of primary amides is 1. The quantitative estimate of drug-likeness (QED) is 0.415. The van der Waals surface area contributed by atoms with Crippen molar-refractivity contribution in [1.29, 1.82) is 5.26 Å². The molecule has 1 unspecified atom stereocenters. The molecule has 0 saturated heterocycles. The van der Waals surface area contributed by atoms with Gasteiger partial charge >= 0.3 is 0 Å². The molecule has 1 saturated carbocycles. The maximum absolute atomic E-state index is 15.0. The van der Waals surface area contributed by atoms with Gasteiger partial charge in [0.1, 0.15) is 12.2 Å². The molecule has 0 spiro atoms. The number of nitrogens with two attached hydrogens (primary N) is 1. The van der Waals surface area contributed by atoms with E-state index in [2.05, 4.69) is 16.2 Å². The molecule has 190 valence electrons. The molecular formula is C26H31FN6O3. The highest BCUT2D eigenvalue weighted by Crippen LogP contribution is 2.43. The fraction of sp³-hybridized carbons (Fsp3) is 0.462. The predicted octanol–water partition coefficient (Wildman–Crippen LogP) is 2.39. The number of halogens is 1. The van der Waals surface area contributed by atoms with Gasteiger partial charge in [-0.3, -0.25) is 9.78 Å². The largest absolute Gasteiger partial charge is 0.389 e. The number of aliphatic hydroxyl groups is 2. The number of nitriles is 1. The van der Waals surface area contributed by atoms with Crippen LogP contribution in [0.3, 0.4) is 0 Å². The summed E-state index contributed by atoms with van der Waals surface area (Å²) in [6.07, 6.45) is 4.24. The minimum atomic E-state index is -1.58. The van der Waals surface area contributed by atoms with Crippen molar-refractivity contribution in [2.75, 3.05) is 11.4 Å². The van der Waals surface area contributed by atoms with Crippen LogP contribution in [0.1, 0.15) is 55.2 Å². The molecule has 3 aromatic heterocycles. The van der Waals surface area contributed by atoms with E-state index in [4.69, 9.17) is 11.0 Å². The van der Waals surface area contributed by atoms with E-state index < -0.39 is 23.3 Å². The van der Waals surface area contributed by atoms with Gasteiger partial charge in [-0.15, -0.1) is 0 Å². The lowest BCUT2D eigenvalue weighted by Gasteiger charge is -2.50. The SMILES string of the molecule is CC(O)(Cc1ccc2cc(C#N)cnn12)C1CC(N(C[C@@H](F)C(C)(C)O)c2ccncc2C(N)=O)C1. The highest BCUT2D eigenvalue weighted by molar-refractivity contribution is 5.98. The van der Waals surface area contributed by atoms with E-state index in [1.807, 2.05) is 12.1 Å². The third kappa shape index (κ3) is 5.03. The van der Waals surface area contributed by atoms with Crippen LogP contribution in [0.25, 0.3) is 5.52 Å². The van der Waals surface area contributed by atoms with E-state index in [0.717, 1.165) is 11.2 Å². The number of rotatable bonds is 9. The summed E-state index contributed by atoms with van der Waals surface area (Å²) in [7, 11) is 0. The Morgan fingerprint density at radius 3 is 2.67 bits per heavy atom. The van der Waals surface area contributed by atoms with Crippen molar-refractivity contribution < 1.29 is 19.4 Å². The number of anilines is 1. The summed E-state index contributed by atoms with van der Waals surface area (Å²) in [6, 6.07) is 9.01. The maximum atomic E-state index is 15.0. The van der Waals surface area contributed by atoms with Crippen LogP contribution < -0.4 is 10.6 Å². The smallest absolute Gasteiger partial charge is 0.252 e. The fourth-order valence-corrected chi connectivity index (χ4v) is 4.78. The van der Waals surface area contributed by atoms with Crippen molar-refractivity contribution in [2.24, 2.45) is 11.7 Å². The molecular weight excluding hydrogens is 463 g/mol. The lowest BCUT2D eigenvalue weighted by Crippen LogP contribution is -2.56. The summed E-state index contributed by atoms with van der Waals surface area (Å²) in [4.78, 5) is 17.8. The molecule has 36 heavy (non-hydrogen) atoms. The van der Waals surface area contributed by atoms with Crippen LogP contribution >= 0.6 is 0 Å². The summed E-state index contributed by atoms with van der Waals surface area (Å²) in [5, 5.41) is 35.0. The zero-order valence-electron chi connectivity index (χ0n) is 20.6. The van der Waals surface area contributed by atoms with Gasteiger partial charge in [-0.2, -0.15) is 10.4 Å². The first-order chi connectivity index (χ1) is 16.9. The van der Waals surface area contributed by atoms with E-state index in [0.29, 0.717) is 30.5 Å². The monoisotopic (exact) mass is 494 g/mol. The third-order valence-corrected chi connectivity index (χ3v) is 7.18. The molecule has 1 amide bonds. The van der Waals surface area contributed by atoms with E-state index in [1.54, 1.807) is 28.5 Å². The molecule has 4 rings (SSSR count). The first kappa shape index (κ1) is 25.5. The first-order valence-corrected chi connectivity index (χ1v) is 11.9. The van der Waals surface area contributed by atoms with Crippen molar-refractivity contribution in [3.8, 4) is 6.07 Å². The van der Waals surface area contributed by atoms with Crippen molar-refractivity contribution in [3.63, 3.8) is 0 Å². The Labute approximate surface area is 209 Å². The van der Waals surface area contributed by atoms with Crippen molar-refractivity contribution >= 4 is 17.1 Å². The van der Waals surface area contributed by atoms with Gasteiger partial charge in [0, 0.05) is 30.6 Å². The summed E-state index contributed by atoms with van der Waals surface area (Å²) < 4.78 is 16.7. The van der Waals surface area contributed by atoms with Crippen LogP contribution in [0.4, 0.5) is 10.1 Å². The summed E-state index contributed by atoms with van der Waals surface area (Å²) in [6.45, 7) is 4.45. The highest BCUT2D eigenvalue weighted by Gasteiger charge is 2.46. The Morgan fingerprint density at radius 1 is 1.31 bits per heavy atom. The molecule has 3 aromatic rings. The normalized spacial score (nSPS) is 20.2. The second-order valence-corrected chi connectivity index (χ2v) is 10.4. The number of amides is 1. The van der Waals surface area contributed by atoms with Gasteiger partial charge < -0.3 is 20.8 Å². The number of nitrogens with zero attached hydrogens (tertiary/aromatic N) is 5. The minimum absolute atomic E-state index is 0.0898. The van der Waals surface area contributed by atoms with Gasteiger partial charge in [0.15, 0.2) is 0 Å². The number of alkyl halides is 1. The van der Waals surface area contributed by atoms with Crippen LogP contribution in [0.5, 0.6) is 0 Å². The minimum Gasteiger partial charge on any atom is -0.389 e. The number of carbonyl (C=O) groups is 1. The standard InChI is InChI=1S/C26H31FN6O3/c1-25(2,35)23(27)15-32(22-6-7-30-14-21(22)24(29)34)20-9-17(10-20)26(3,36)11-19-5-4-18-8-16(12-28)13-31-33(18)19/h4-8,13-14,17,20,23,35-36H,9-11,15H2,1-3H3,(H2,29,34)/t17?,20?,23-,26?/m1/s1. The Hall–Kier alpha value is -3.55. The Bertz CT molecular complexity index is 1300. The van der Waals surface area contributed by atoms with Gasteiger partial charge in [0.05, 0.1) is 46.3 Å². The van der Waals surface area contributed by atoms with Crippen molar-refractivity contribution in [3.05, 3.63) is 59.7 Å². The lowest BCUT2D eigenvalue weighted by molar-refractivity contribution is -0.0460. The molecule has 2 atom stereocenters. The number of pyridine rings is 1. The third-order valence-electron chi connectivity index (χ3n) is 7.18. The number of aromatic nitrogens is 3. The molecule has 4 N–H and O–H groups in total. The molecule has 1 aliphatic carbocycles.